The maximum Gasteiger partial charge on any atom is 0.141 e. The predicted molar refractivity (Wildman–Crippen MR) is 107 cm³/mol. The minimum Gasteiger partial charge on any atom is -0.374 e. The van der Waals surface area contributed by atoms with Gasteiger partial charge in [-0.05, 0) is 24.3 Å². The van der Waals surface area contributed by atoms with Gasteiger partial charge in [-0.15, -0.1) is 0 Å². The number of imidazole rings is 2. The fourth-order valence-electron chi connectivity index (χ4n) is 4.30. The largest absolute Gasteiger partial charge is 0.374 e. The van der Waals surface area contributed by atoms with Gasteiger partial charge in [-0.2, -0.15) is 5.10 Å². The van der Waals surface area contributed by atoms with E-state index in [4.69, 9.17) is 4.98 Å². The Balaban J connectivity index is 1.47. The van der Waals surface area contributed by atoms with Gasteiger partial charge in [0.05, 0.1) is 41.0 Å². The molecule has 0 saturated carbocycles. The third-order valence-electron chi connectivity index (χ3n) is 5.73. The molecule has 5 heterocycles. The Labute approximate surface area is 170 Å². The Morgan fingerprint density at radius 2 is 2.10 bits per heavy atom. The molecule has 1 aliphatic heterocycles. The molecule has 9 heteroatoms. The third kappa shape index (κ3) is 2.56. The van der Waals surface area contributed by atoms with E-state index in [9.17, 15) is 9.50 Å². The Bertz CT molecular complexity index is 1340. The van der Waals surface area contributed by atoms with Crippen molar-refractivity contribution < 1.29 is 9.50 Å². The van der Waals surface area contributed by atoms with Crippen molar-refractivity contribution in [3.8, 4) is 0 Å². The van der Waals surface area contributed by atoms with Crippen molar-refractivity contribution in [1.29, 1.82) is 0 Å². The molecule has 8 nitrogen and oxygen atoms in total. The first-order chi connectivity index (χ1) is 14.7. The highest BCUT2D eigenvalue weighted by molar-refractivity contribution is 5.75. The smallest absolute Gasteiger partial charge is 0.141 e. The number of hydrogen-bond donors (Lipinski definition) is 3. The molecule has 4 aromatic heterocycles. The first-order valence-corrected chi connectivity index (χ1v) is 9.72. The average molecular weight is 403 g/mol. The van der Waals surface area contributed by atoms with Gasteiger partial charge in [0.2, 0.25) is 0 Å². The lowest BCUT2D eigenvalue weighted by molar-refractivity contribution is -0.0247. The molecule has 30 heavy (non-hydrogen) atoms. The van der Waals surface area contributed by atoms with Crippen LogP contribution in [-0.4, -0.2) is 46.1 Å². The van der Waals surface area contributed by atoms with Crippen LogP contribution in [-0.2, 0) is 6.42 Å². The number of nitrogens with one attached hydrogen (secondary N) is 2. The van der Waals surface area contributed by atoms with Crippen molar-refractivity contribution >= 4 is 16.6 Å². The summed E-state index contributed by atoms with van der Waals surface area (Å²) >= 11 is 0. The fraction of sp³-hybridized carbons (Fsp3) is 0.190. The van der Waals surface area contributed by atoms with E-state index in [2.05, 4.69) is 20.1 Å². The lowest BCUT2D eigenvalue weighted by atomic mass is 10.0. The molecule has 0 bridgehead atoms. The van der Waals surface area contributed by atoms with Crippen LogP contribution in [0.1, 0.15) is 35.0 Å². The SMILES string of the molecule is OC(c1cnn2cc(F)ccc12)N1CCc2[nH]cnc2[C@H]1c1nc2ccccc2[nH]1. The molecule has 2 atom stereocenters. The van der Waals surface area contributed by atoms with Gasteiger partial charge in [0.1, 0.15) is 23.9 Å². The van der Waals surface area contributed by atoms with Gasteiger partial charge in [-0.25, -0.2) is 18.9 Å². The van der Waals surface area contributed by atoms with E-state index < -0.39 is 6.23 Å². The number of rotatable bonds is 3. The molecule has 3 N–H and O–H groups in total. The molecule has 1 unspecified atom stereocenters. The molecule has 0 aliphatic carbocycles. The fourth-order valence-corrected chi connectivity index (χ4v) is 4.30. The van der Waals surface area contributed by atoms with Gasteiger partial charge < -0.3 is 15.1 Å². The number of aliphatic hydroxyl groups is 1. The molecule has 0 spiro atoms. The second kappa shape index (κ2) is 6.48. The van der Waals surface area contributed by atoms with Crippen LogP contribution >= 0.6 is 0 Å². The quantitative estimate of drug-likeness (QED) is 0.430. The van der Waals surface area contributed by atoms with Gasteiger partial charge in [0.15, 0.2) is 0 Å². The number of hydrogen-bond acceptors (Lipinski definition) is 5. The van der Waals surface area contributed by atoms with Gasteiger partial charge in [-0.3, -0.25) is 4.90 Å². The van der Waals surface area contributed by atoms with Crippen LogP contribution in [0.5, 0.6) is 0 Å². The number of aliphatic hydroxyl groups excluding tert-OH is 1. The average Bonchev–Trinajstić information content (AvgIpc) is 3.49. The Morgan fingerprint density at radius 3 is 3.00 bits per heavy atom. The summed E-state index contributed by atoms with van der Waals surface area (Å²) in [4.78, 5) is 17.8. The van der Waals surface area contributed by atoms with Gasteiger partial charge in [0.25, 0.3) is 0 Å². The molecule has 0 radical (unpaired) electrons. The summed E-state index contributed by atoms with van der Waals surface area (Å²) in [6.07, 6.45) is 4.31. The predicted octanol–water partition coefficient (Wildman–Crippen LogP) is 2.71. The van der Waals surface area contributed by atoms with Crippen LogP contribution < -0.4 is 0 Å². The van der Waals surface area contributed by atoms with Crippen molar-refractivity contribution in [3.05, 3.63) is 83.7 Å². The monoisotopic (exact) mass is 403 g/mol. The first kappa shape index (κ1) is 17.3. The molecule has 1 aromatic carbocycles. The van der Waals surface area contributed by atoms with Gasteiger partial charge in [-0.1, -0.05) is 12.1 Å². The molecule has 0 fully saturated rings. The first-order valence-electron chi connectivity index (χ1n) is 9.72. The second-order valence-corrected chi connectivity index (χ2v) is 7.45. The number of pyridine rings is 1. The van der Waals surface area contributed by atoms with Gasteiger partial charge in [0, 0.05) is 24.2 Å². The zero-order valence-corrected chi connectivity index (χ0v) is 15.8. The highest BCUT2D eigenvalue weighted by Crippen LogP contribution is 2.38. The van der Waals surface area contributed by atoms with Gasteiger partial charge >= 0.3 is 0 Å². The van der Waals surface area contributed by atoms with E-state index in [0.717, 1.165) is 28.8 Å². The highest BCUT2D eigenvalue weighted by Gasteiger charge is 2.38. The maximum atomic E-state index is 13.6. The number of aromatic nitrogens is 6. The second-order valence-electron chi connectivity index (χ2n) is 7.45. The van der Waals surface area contributed by atoms with E-state index in [-0.39, 0.29) is 11.9 Å². The Morgan fingerprint density at radius 1 is 1.20 bits per heavy atom. The molecule has 150 valence electrons. The minimum absolute atomic E-state index is 0.363. The number of fused-ring (bicyclic) bond motifs is 3. The van der Waals surface area contributed by atoms with Crippen LogP contribution in [0, 0.1) is 5.82 Å². The van der Waals surface area contributed by atoms with E-state index >= 15 is 0 Å². The lowest BCUT2D eigenvalue weighted by Crippen LogP contribution is -2.39. The summed E-state index contributed by atoms with van der Waals surface area (Å²) in [5, 5.41) is 15.6. The normalized spacial score (nSPS) is 18.1. The van der Waals surface area contributed by atoms with Crippen molar-refractivity contribution in [1.82, 2.24) is 34.4 Å². The topological polar surface area (TPSA) is 98.1 Å². The number of para-hydroxylation sites is 2. The summed E-state index contributed by atoms with van der Waals surface area (Å²) in [7, 11) is 0. The van der Waals surface area contributed by atoms with Crippen molar-refractivity contribution in [2.24, 2.45) is 0 Å². The zero-order valence-electron chi connectivity index (χ0n) is 15.8. The van der Waals surface area contributed by atoms with Crippen LogP contribution in [0.3, 0.4) is 0 Å². The number of aromatic amines is 2. The summed E-state index contributed by atoms with van der Waals surface area (Å²) in [5.41, 5.74) is 4.91. The number of halogens is 1. The molecule has 1 aliphatic rings. The van der Waals surface area contributed by atoms with Crippen LogP contribution in [0.2, 0.25) is 0 Å². The minimum atomic E-state index is -0.962. The zero-order chi connectivity index (χ0) is 20.2. The standard InChI is InChI=1S/C21H18FN7O/c22-12-5-6-17-13(9-25-29(17)10-12)21(30)28-8-7-16-18(24-11-23-16)19(28)20-26-14-3-1-2-4-15(14)27-20/h1-6,9-11,19,21,30H,7-8H2,(H,23,24)(H,26,27)/t19-,21?/m0/s1. The Kier molecular flexibility index (Phi) is 3.74. The van der Waals surface area contributed by atoms with E-state index in [1.807, 2.05) is 29.2 Å². The lowest BCUT2D eigenvalue weighted by Gasteiger charge is -2.36. The third-order valence-corrected chi connectivity index (χ3v) is 5.73. The van der Waals surface area contributed by atoms with Crippen LogP contribution in [0.25, 0.3) is 16.6 Å². The van der Waals surface area contributed by atoms with E-state index in [0.29, 0.717) is 23.4 Å². The van der Waals surface area contributed by atoms with Crippen molar-refractivity contribution in [2.45, 2.75) is 18.7 Å². The molecule has 0 saturated heterocycles. The van der Waals surface area contributed by atoms with Crippen LogP contribution in [0.4, 0.5) is 4.39 Å². The number of nitrogens with zero attached hydrogens (tertiary/aromatic N) is 5. The summed E-state index contributed by atoms with van der Waals surface area (Å²) in [6.45, 7) is 0.594. The van der Waals surface area contributed by atoms with E-state index in [1.165, 1.54) is 16.8 Å². The molecular formula is C21H18FN7O. The molecule has 5 aromatic rings. The highest BCUT2D eigenvalue weighted by atomic mass is 19.1. The summed E-state index contributed by atoms with van der Waals surface area (Å²) < 4.78 is 15.0. The van der Waals surface area contributed by atoms with E-state index in [1.54, 1.807) is 18.6 Å². The molecule has 6 rings (SSSR count). The summed E-state index contributed by atoms with van der Waals surface area (Å²) in [6, 6.07) is 10.4. The Hall–Kier alpha value is -3.56. The van der Waals surface area contributed by atoms with Crippen LogP contribution in [0.15, 0.2) is 55.1 Å². The number of H-pyrrole nitrogens is 2. The molecular weight excluding hydrogens is 385 g/mol. The van der Waals surface area contributed by atoms with Crippen molar-refractivity contribution in [2.75, 3.05) is 6.54 Å². The maximum absolute atomic E-state index is 13.6. The van der Waals surface area contributed by atoms with Crippen molar-refractivity contribution in [3.63, 3.8) is 0 Å². The summed E-state index contributed by atoms with van der Waals surface area (Å²) in [5.74, 6) is 0.330. The number of benzene rings is 1. The molecule has 0 amide bonds.